The summed E-state index contributed by atoms with van der Waals surface area (Å²) in [6, 6.07) is 27.8. The van der Waals surface area contributed by atoms with Gasteiger partial charge in [-0.3, -0.25) is 0 Å². The van der Waals surface area contributed by atoms with Gasteiger partial charge in [-0.2, -0.15) is 9.90 Å². The van der Waals surface area contributed by atoms with Gasteiger partial charge < -0.3 is 4.90 Å². The largest absolute Gasteiger partial charge is 0.378 e. The molecule has 0 aromatic heterocycles. The Hall–Kier alpha value is -2.11. The van der Waals surface area contributed by atoms with E-state index in [1.54, 1.807) is 0 Å². The van der Waals surface area contributed by atoms with Gasteiger partial charge in [-0.25, -0.2) is 0 Å². The van der Waals surface area contributed by atoms with Gasteiger partial charge in [-0.05, 0) is 34.4 Å². The van der Waals surface area contributed by atoms with Crippen LogP contribution >= 0.6 is 9.90 Å². The zero-order valence-electron chi connectivity index (χ0n) is 13.2. The van der Waals surface area contributed by atoms with E-state index in [2.05, 4.69) is 97.9 Å². The van der Waals surface area contributed by atoms with Crippen LogP contribution in [0.25, 0.3) is 22.3 Å². The van der Waals surface area contributed by atoms with E-state index in [1.807, 2.05) is 0 Å². The Bertz CT molecular complexity index is 718. The van der Waals surface area contributed by atoms with Crippen molar-refractivity contribution in [3.8, 4) is 22.3 Å². The first-order valence-corrected chi connectivity index (χ1v) is 7.18. The Morgan fingerprint density at radius 1 is 0.545 bits per heavy atom. The highest BCUT2D eigenvalue weighted by Gasteiger charge is 2.06. The van der Waals surface area contributed by atoms with Crippen LogP contribution in [0.1, 0.15) is 0 Å². The van der Waals surface area contributed by atoms with Crippen LogP contribution < -0.4 is 4.90 Å². The molecule has 2 heteroatoms. The van der Waals surface area contributed by atoms with Gasteiger partial charge in [-0.15, -0.1) is 0 Å². The summed E-state index contributed by atoms with van der Waals surface area (Å²) < 4.78 is 0. The molecule has 0 saturated carbocycles. The highest BCUT2D eigenvalue weighted by molar-refractivity contribution is 6.92. The van der Waals surface area contributed by atoms with E-state index < -0.39 is 0 Å². The Balaban J connectivity index is 0.00000176. The summed E-state index contributed by atoms with van der Waals surface area (Å²) >= 11 is 0. The Morgan fingerprint density at radius 3 is 1.50 bits per heavy atom. The molecule has 0 aliphatic carbocycles. The first kappa shape index (κ1) is 16.3. The molecule has 0 saturated heterocycles. The van der Waals surface area contributed by atoms with Crippen LogP contribution in [0, 0.1) is 0 Å². The molecule has 3 rings (SSSR count). The molecule has 0 fully saturated rings. The van der Waals surface area contributed by atoms with E-state index >= 15 is 0 Å². The lowest BCUT2D eigenvalue weighted by Crippen LogP contribution is -2.07. The molecule has 3 aromatic carbocycles. The van der Waals surface area contributed by atoms with Gasteiger partial charge >= 0.3 is 0 Å². The van der Waals surface area contributed by atoms with Gasteiger partial charge in [-0.1, -0.05) is 66.7 Å². The first-order chi connectivity index (χ1) is 10.3. The average Bonchev–Trinajstić information content (AvgIpc) is 2.56. The number of benzene rings is 3. The van der Waals surface area contributed by atoms with Crippen molar-refractivity contribution in [3.05, 3.63) is 78.9 Å². The van der Waals surface area contributed by atoms with Gasteiger partial charge in [0.15, 0.2) is 0 Å². The number of hydrogen-bond acceptors (Lipinski definition) is 1. The van der Waals surface area contributed by atoms with E-state index in [0.29, 0.717) is 0 Å². The Morgan fingerprint density at radius 2 is 1.00 bits per heavy atom. The lowest BCUT2D eigenvalue weighted by atomic mass is 9.94. The second-order valence-corrected chi connectivity index (χ2v) is 5.35. The fourth-order valence-electron chi connectivity index (χ4n) is 2.54. The maximum Gasteiger partial charge on any atom is 0.0361 e. The van der Waals surface area contributed by atoms with Crippen LogP contribution in [0.3, 0.4) is 0 Å². The molecule has 0 radical (unpaired) electrons. The van der Waals surface area contributed by atoms with E-state index in [9.17, 15) is 0 Å². The molecule has 0 bridgehead atoms. The van der Waals surface area contributed by atoms with Crippen LogP contribution in [0.15, 0.2) is 78.9 Å². The molecule has 22 heavy (non-hydrogen) atoms. The van der Waals surface area contributed by atoms with E-state index in [-0.39, 0.29) is 9.90 Å². The van der Waals surface area contributed by atoms with Gasteiger partial charge in [0.1, 0.15) is 0 Å². The summed E-state index contributed by atoms with van der Waals surface area (Å²) in [6.45, 7) is 0. The first-order valence-electron chi connectivity index (χ1n) is 7.18. The third kappa shape index (κ3) is 3.37. The molecular formula is C20H22NP. The summed E-state index contributed by atoms with van der Waals surface area (Å²) in [4.78, 5) is 2.12. The third-order valence-corrected chi connectivity index (χ3v) is 3.71. The summed E-state index contributed by atoms with van der Waals surface area (Å²) in [6.07, 6.45) is 0. The lowest BCUT2D eigenvalue weighted by Gasteiger charge is -2.14. The second kappa shape index (κ2) is 7.24. The predicted octanol–water partition coefficient (Wildman–Crippen LogP) is 5.14. The molecular weight excluding hydrogens is 285 g/mol. The predicted molar refractivity (Wildman–Crippen MR) is 103 cm³/mol. The molecule has 1 nitrogen and oxygen atoms in total. The van der Waals surface area contributed by atoms with E-state index in [4.69, 9.17) is 0 Å². The summed E-state index contributed by atoms with van der Waals surface area (Å²) in [5.74, 6) is 0. The maximum atomic E-state index is 2.19. The number of hydrogen-bond donors (Lipinski definition) is 0. The van der Waals surface area contributed by atoms with Crippen molar-refractivity contribution in [1.29, 1.82) is 0 Å². The van der Waals surface area contributed by atoms with Crippen LogP contribution in [-0.4, -0.2) is 14.1 Å². The van der Waals surface area contributed by atoms with Crippen molar-refractivity contribution in [2.45, 2.75) is 0 Å². The topological polar surface area (TPSA) is 3.24 Å². The fraction of sp³-hybridized carbons (Fsp3) is 0.100. The Kier molecular flexibility index (Phi) is 5.35. The van der Waals surface area contributed by atoms with Crippen molar-refractivity contribution in [2.75, 3.05) is 19.0 Å². The quantitative estimate of drug-likeness (QED) is 0.605. The van der Waals surface area contributed by atoms with E-state index in [1.165, 1.54) is 27.9 Å². The second-order valence-electron chi connectivity index (χ2n) is 5.35. The average molecular weight is 307 g/mol. The molecule has 0 aliphatic rings. The third-order valence-electron chi connectivity index (χ3n) is 3.71. The highest BCUT2D eigenvalue weighted by Crippen LogP contribution is 2.32. The minimum Gasteiger partial charge on any atom is -0.378 e. The Labute approximate surface area is 136 Å². The molecule has 0 N–H and O–H groups in total. The fourth-order valence-corrected chi connectivity index (χ4v) is 2.54. The molecule has 0 aliphatic heterocycles. The van der Waals surface area contributed by atoms with Gasteiger partial charge in [0, 0.05) is 19.8 Å². The molecule has 1 atom stereocenters. The monoisotopic (exact) mass is 307 g/mol. The molecule has 0 amide bonds. The minimum absolute atomic E-state index is 0. The van der Waals surface area contributed by atoms with Crippen molar-refractivity contribution in [3.63, 3.8) is 0 Å². The van der Waals surface area contributed by atoms with Crippen LogP contribution in [-0.2, 0) is 0 Å². The number of nitrogens with zero attached hydrogens (tertiary/aromatic N) is 1. The van der Waals surface area contributed by atoms with Crippen molar-refractivity contribution < 1.29 is 0 Å². The normalized spacial score (nSPS) is 9.91. The smallest absolute Gasteiger partial charge is 0.0361 e. The molecule has 1 unspecified atom stereocenters. The van der Waals surface area contributed by atoms with E-state index in [0.717, 1.165) is 0 Å². The number of anilines is 1. The van der Waals surface area contributed by atoms with Crippen LogP contribution in [0.5, 0.6) is 0 Å². The van der Waals surface area contributed by atoms with Gasteiger partial charge in [0.25, 0.3) is 0 Å². The van der Waals surface area contributed by atoms with Crippen molar-refractivity contribution in [2.24, 2.45) is 0 Å². The van der Waals surface area contributed by atoms with Gasteiger partial charge in [0.05, 0.1) is 0 Å². The zero-order valence-corrected chi connectivity index (χ0v) is 14.6. The van der Waals surface area contributed by atoms with Crippen molar-refractivity contribution >= 4 is 15.6 Å². The van der Waals surface area contributed by atoms with Gasteiger partial charge in [0.2, 0.25) is 0 Å². The molecule has 0 spiro atoms. The summed E-state index contributed by atoms with van der Waals surface area (Å²) in [7, 11) is 4.12. The van der Waals surface area contributed by atoms with Crippen molar-refractivity contribution in [1.82, 2.24) is 0 Å². The molecule has 112 valence electrons. The minimum atomic E-state index is 0. The summed E-state index contributed by atoms with van der Waals surface area (Å²) in [5.41, 5.74) is 6.27. The number of rotatable bonds is 3. The lowest BCUT2D eigenvalue weighted by molar-refractivity contribution is 1.13. The SMILES string of the molecule is CN(C)c1ccc(-c2ccccc2-c2ccccc2)cc1.P. The summed E-state index contributed by atoms with van der Waals surface area (Å²) in [5, 5.41) is 0. The zero-order chi connectivity index (χ0) is 14.7. The highest BCUT2D eigenvalue weighted by atomic mass is 31.0. The van der Waals surface area contributed by atoms with Crippen LogP contribution in [0.4, 0.5) is 5.69 Å². The van der Waals surface area contributed by atoms with Crippen LogP contribution in [0.2, 0.25) is 0 Å². The maximum absolute atomic E-state index is 2.19. The molecule has 0 heterocycles. The standard InChI is InChI=1S/C20H19N.H3P/c1-21(2)18-14-12-17(13-15-18)20-11-7-6-10-19(20)16-8-4-3-5-9-16;/h3-15H,1-2H3;1H3. The molecule has 3 aromatic rings.